The zero-order valence-corrected chi connectivity index (χ0v) is 9.08. The summed E-state index contributed by atoms with van der Waals surface area (Å²) in [7, 11) is 0. The van der Waals surface area contributed by atoms with Crippen LogP contribution in [0.4, 0.5) is 0 Å². The van der Waals surface area contributed by atoms with Crippen molar-refractivity contribution >= 4 is 11.6 Å². The highest BCUT2D eigenvalue weighted by molar-refractivity contribution is 6.30. The quantitative estimate of drug-likeness (QED) is 0.845. The first-order valence-corrected chi connectivity index (χ1v) is 5.31. The molecule has 2 nitrogen and oxygen atoms in total. The normalized spacial score (nSPS) is 10.5. The van der Waals surface area contributed by atoms with Crippen LogP contribution in [0.15, 0.2) is 47.1 Å². The molecular formula is C12H13ClNO+. The van der Waals surface area contributed by atoms with Crippen molar-refractivity contribution in [2.24, 2.45) is 0 Å². The van der Waals surface area contributed by atoms with E-state index in [9.17, 15) is 0 Å². The van der Waals surface area contributed by atoms with E-state index in [0.717, 1.165) is 23.9 Å². The van der Waals surface area contributed by atoms with E-state index in [1.807, 2.05) is 36.4 Å². The topological polar surface area (TPSA) is 29.8 Å². The van der Waals surface area contributed by atoms with Crippen LogP contribution in [0, 0.1) is 0 Å². The van der Waals surface area contributed by atoms with Gasteiger partial charge in [-0.1, -0.05) is 23.7 Å². The maximum absolute atomic E-state index is 5.80. The van der Waals surface area contributed by atoms with E-state index in [1.54, 1.807) is 6.26 Å². The second-order valence-corrected chi connectivity index (χ2v) is 3.84. The van der Waals surface area contributed by atoms with Gasteiger partial charge in [-0.05, 0) is 24.3 Å². The van der Waals surface area contributed by atoms with Gasteiger partial charge in [-0.3, -0.25) is 0 Å². The van der Waals surface area contributed by atoms with E-state index in [1.165, 1.54) is 5.56 Å². The molecule has 0 unspecified atom stereocenters. The van der Waals surface area contributed by atoms with Gasteiger partial charge in [-0.25, -0.2) is 0 Å². The van der Waals surface area contributed by atoms with Crippen LogP contribution in [0.5, 0.6) is 0 Å². The maximum Gasteiger partial charge on any atom is 0.157 e. The molecule has 1 aromatic carbocycles. The van der Waals surface area contributed by atoms with Gasteiger partial charge in [0, 0.05) is 10.6 Å². The van der Waals surface area contributed by atoms with Crippen LogP contribution >= 0.6 is 11.6 Å². The smallest absolute Gasteiger partial charge is 0.157 e. The minimum absolute atomic E-state index is 0.782. The first kappa shape index (κ1) is 10.3. The molecule has 0 spiro atoms. The third-order valence-corrected chi connectivity index (χ3v) is 2.47. The van der Waals surface area contributed by atoms with Gasteiger partial charge in [-0.2, -0.15) is 0 Å². The zero-order valence-electron chi connectivity index (χ0n) is 8.32. The van der Waals surface area contributed by atoms with E-state index in [0.29, 0.717) is 0 Å². The van der Waals surface area contributed by atoms with Crippen LogP contribution in [0.25, 0.3) is 0 Å². The van der Waals surface area contributed by atoms with Crippen LogP contribution in [-0.4, -0.2) is 0 Å². The lowest BCUT2D eigenvalue weighted by Gasteiger charge is -2.00. The van der Waals surface area contributed by atoms with Crippen LogP contribution in [0.1, 0.15) is 11.3 Å². The van der Waals surface area contributed by atoms with E-state index in [2.05, 4.69) is 5.32 Å². The molecule has 0 saturated carbocycles. The Hall–Kier alpha value is -1.25. The number of benzene rings is 1. The second-order valence-electron chi connectivity index (χ2n) is 3.40. The highest BCUT2D eigenvalue weighted by atomic mass is 35.5. The highest BCUT2D eigenvalue weighted by Crippen LogP contribution is 2.08. The fourth-order valence-electron chi connectivity index (χ4n) is 1.43. The molecule has 1 heterocycles. The average Bonchev–Trinajstić information content (AvgIpc) is 2.74. The number of hydrogen-bond donors (Lipinski definition) is 1. The molecule has 0 aliphatic carbocycles. The number of nitrogens with two attached hydrogens (primary N) is 1. The average molecular weight is 223 g/mol. The minimum Gasteiger partial charge on any atom is -0.463 e. The number of hydrogen-bond acceptors (Lipinski definition) is 1. The molecule has 1 aromatic heterocycles. The van der Waals surface area contributed by atoms with Gasteiger partial charge < -0.3 is 9.73 Å². The first-order valence-electron chi connectivity index (χ1n) is 4.93. The molecule has 0 amide bonds. The number of rotatable bonds is 4. The molecule has 3 heteroatoms. The Morgan fingerprint density at radius 3 is 2.53 bits per heavy atom. The Labute approximate surface area is 93.9 Å². The molecule has 2 N–H and O–H groups in total. The van der Waals surface area contributed by atoms with Gasteiger partial charge in [0.05, 0.1) is 6.26 Å². The molecule has 0 aliphatic rings. The van der Waals surface area contributed by atoms with Crippen LogP contribution in [0.2, 0.25) is 5.02 Å². The monoisotopic (exact) mass is 222 g/mol. The van der Waals surface area contributed by atoms with Crippen LogP contribution < -0.4 is 5.32 Å². The Kier molecular flexibility index (Phi) is 3.43. The molecule has 0 saturated heterocycles. The van der Waals surface area contributed by atoms with Gasteiger partial charge in [0.1, 0.15) is 13.1 Å². The standard InChI is InChI=1S/C12H12ClNO/c13-11-5-3-10(4-6-11)8-14-9-12-2-1-7-15-12/h1-7,14H,8-9H2/p+1. The molecule has 0 bridgehead atoms. The Morgan fingerprint density at radius 1 is 1.07 bits per heavy atom. The Bertz CT molecular complexity index is 394. The largest absolute Gasteiger partial charge is 0.463 e. The van der Waals surface area contributed by atoms with Crippen molar-refractivity contribution in [3.05, 3.63) is 59.0 Å². The van der Waals surface area contributed by atoms with E-state index in [4.69, 9.17) is 16.0 Å². The molecule has 2 rings (SSSR count). The lowest BCUT2D eigenvalue weighted by atomic mass is 10.2. The van der Waals surface area contributed by atoms with Crippen LogP contribution in [-0.2, 0) is 13.1 Å². The predicted molar refractivity (Wildman–Crippen MR) is 59.5 cm³/mol. The SMILES string of the molecule is Clc1ccc(C[NH2+]Cc2ccco2)cc1. The van der Waals surface area contributed by atoms with E-state index >= 15 is 0 Å². The molecule has 78 valence electrons. The lowest BCUT2D eigenvalue weighted by Crippen LogP contribution is -2.80. The molecule has 0 radical (unpaired) electrons. The second kappa shape index (κ2) is 5.01. The summed E-state index contributed by atoms with van der Waals surface area (Å²) in [6, 6.07) is 11.8. The lowest BCUT2D eigenvalue weighted by molar-refractivity contribution is -0.687. The number of furan rings is 1. The van der Waals surface area contributed by atoms with Gasteiger partial charge in [0.2, 0.25) is 0 Å². The van der Waals surface area contributed by atoms with Crippen molar-refractivity contribution < 1.29 is 9.73 Å². The first-order chi connectivity index (χ1) is 7.34. The maximum atomic E-state index is 5.80. The minimum atomic E-state index is 0.782. The molecule has 0 atom stereocenters. The van der Waals surface area contributed by atoms with Crippen molar-refractivity contribution in [1.82, 2.24) is 0 Å². The molecular weight excluding hydrogens is 210 g/mol. The molecule has 15 heavy (non-hydrogen) atoms. The zero-order chi connectivity index (χ0) is 10.5. The summed E-state index contributed by atoms with van der Waals surface area (Å²) < 4.78 is 5.24. The third kappa shape index (κ3) is 3.11. The fourth-order valence-corrected chi connectivity index (χ4v) is 1.56. The number of quaternary nitrogens is 1. The van der Waals surface area contributed by atoms with Crippen molar-refractivity contribution in [3.8, 4) is 0 Å². The van der Waals surface area contributed by atoms with Crippen LogP contribution in [0.3, 0.4) is 0 Å². The molecule has 0 fully saturated rings. The molecule has 2 aromatic rings. The summed E-state index contributed by atoms with van der Waals surface area (Å²) in [5.41, 5.74) is 1.27. The van der Waals surface area contributed by atoms with Gasteiger partial charge in [0.25, 0.3) is 0 Å². The Morgan fingerprint density at radius 2 is 1.87 bits per heavy atom. The van der Waals surface area contributed by atoms with Crippen molar-refractivity contribution in [2.45, 2.75) is 13.1 Å². The Balaban J connectivity index is 1.81. The highest BCUT2D eigenvalue weighted by Gasteiger charge is 1.99. The van der Waals surface area contributed by atoms with E-state index < -0.39 is 0 Å². The van der Waals surface area contributed by atoms with Gasteiger partial charge in [0.15, 0.2) is 5.76 Å². The molecule has 0 aliphatic heterocycles. The van der Waals surface area contributed by atoms with Crippen molar-refractivity contribution in [1.29, 1.82) is 0 Å². The fraction of sp³-hybridized carbons (Fsp3) is 0.167. The van der Waals surface area contributed by atoms with Gasteiger partial charge in [-0.15, -0.1) is 0 Å². The van der Waals surface area contributed by atoms with Crippen molar-refractivity contribution in [3.63, 3.8) is 0 Å². The summed E-state index contributed by atoms with van der Waals surface area (Å²) in [5, 5.41) is 2.98. The van der Waals surface area contributed by atoms with Gasteiger partial charge >= 0.3 is 0 Å². The summed E-state index contributed by atoms with van der Waals surface area (Å²) in [4.78, 5) is 0. The summed E-state index contributed by atoms with van der Waals surface area (Å²) in [5.74, 6) is 1.00. The third-order valence-electron chi connectivity index (χ3n) is 2.22. The number of halogens is 1. The predicted octanol–water partition coefficient (Wildman–Crippen LogP) is 2.20. The summed E-state index contributed by atoms with van der Waals surface area (Å²) in [6.07, 6.45) is 1.70. The summed E-state index contributed by atoms with van der Waals surface area (Å²) >= 11 is 5.80. The summed E-state index contributed by atoms with van der Waals surface area (Å²) in [6.45, 7) is 1.81. The van der Waals surface area contributed by atoms with Crippen molar-refractivity contribution in [2.75, 3.05) is 0 Å². The van der Waals surface area contributed by atoms with E-state index in [-0.39, 0.29) is 0 Å².